The van der Waals surface area contributed by atoms with Gasteiger partial charge < -0.3 is 10.2 Å². The molecule has 1 spiro atoms. The number of nitrogens with zero attached hydrogens (tertiary/aromatic N) is 3. The van der Waals surface area contributed by atoms with E-state index in [0.29, 0.717) is 52.7 Å². The van der Waals surface area contributed by atoms with Gasteiger partial charge in [0.25, 0.3) is 5.91 Å². The molecule has 1 saturated carbocycles. The summed E-state index contributed by atoms with van der Waals surface area (Å²) in [7, 11) is -9.64. The highest BCUT2D eigenvalue weighted by Crippen LogP contribution is 3.02. The largest absolute Gasteiger partial charge is 0.370 e. The van der Waals surface area contributed by atoms with E-state index in [0.717, 1.165) is 37.2 Å². The molecule has 1 saturated heterocycles. The Morgan fingerprint density at radius 2 is 1.66 bits per heavy atom. The van der Waals surface area contributed by atoms with Gasteiger partial charge in [-0.1, -0.05) is 62.2 Å². The van der Waals surface area contributed by atoms with Gasteiger partial charge >= 0.3 is 10.2 Å². The number of imidazole rings is 1. The van der Waals surface area contributed by atoms with Gasteiger partial charge in [-0.3, -0.25) is 9.20 Å². The molecule has 12 heteroatoms. The number of benzene rings is 2. The molecule has 0 atom stereocenters. The summed E-state index contributed by atoms with van der Waals surface area (Å²) in [6.45, 7) is 3.96. The Hall–Kier alpha value is -3.31. The summed E-state index contributed by atoms with van der Waals surface area (Å²) in [4.78, 5) is 18.0. The summed E-state index contributed by atoms with van der Waals surface area (Å²) in [6, 6.07) is 14.9. The van der Waals surface area contributed by atoms with Crippen molar-refractivity contribution in [3.63, 3.8) is 0 Å². The number of carbonyl (C=O) groups excluding carboxylic acids is 1. The van der Waals surface area contributed by atoms with Gasteiger partial charge in [-0.05, 0) is 72.7 Å². The Morgan fingerprint density at radius 1 is 1.00 bits per heavy atom. The normalized spacial score (nSPS) is 18.5. The number of hydrogen-bond donors (Lipinski definition) is 1. The zero-order valence-corrected chi connectivity index (χ0v) is 23.7. The van der Waals surface area contributed by atoms with Crippen molar-refractivity contribution < 1.29 is 24.2 Å². The van der Waals surface area contributed by atoms with E-state index < -0.39 is 15.1 Å². The molecule has 0 unspecified atom stereocenters. The number of anilines is 1. The van der Waals surface area contributed by atoms with Crippen LogP contribution in [0.15, 0.2) is 71.8 Å². The highest BCUT2D eigenvalue weighted by Gasteiger charge is 2.65. The SMILES string of the molecule is CCc1nc2ccc(Cl)cn2c1C(=O)NCc1ccc(N2CC3(CC(c4ccc(S(F)(F)(F)(F)F)cc4)C3)C2)cc1. The standard InChI is InChI=1S/C29H28ClF5N4OS/c1-2-25-27(39-16-22(30)7-12-26(39)37-25)28(40)36-15-19-3-8-23(9-4-19)38-17-29(18-38)13-21(14-29)20-5-10-24(11-6-20)41(31,32,33,34)35/h3-12,16,21H,2,13-15,17-18H2,1H3,(H,36,40). The van der Waals surface area contributed by atoms with Crippen molar-refractivity contribution in [1.29, 1.82) is 0 Å². The molecule has 1 aliphatic carbocycles. The van der Waals surface area contributed by atoms with Crippen LogP contribution in [0.2, 0.25) is 5.02 Å². The molecule has 2 aromatic carbocycles. The Labute approximate surface area is 239 Å². The Kier molecular flexibility index (Phi) is 6.01. The molecule has 2 aromatic heterocycles. The second kappa shape index (κ2) is 8.84. The monoisotopic (exact) mass is 610 g/mol. The van der Waals surface area contributed by atoms with E-state index in [4.69, 9.17) is 11.6 Å². The van der Waals surface area contributed by atoms with Gasteiger partial charge in [0, 0.05) is 36.9 Å². The van der Waals surface area contributed by atoms with Gasteiger partial charge in [-0.2, -0.15) is 0 Å². The average Bonchev–Trinajstić information content (AvgIpc) is 3.23. The molecule has 1 amide bonds. The molecule has 1 N–H and O–H groups in total. The highest BCUT2D eigenvalue weighted by molar-refractivity contribution is 8.45. The molecule has 1 aliphatic heterocycles. The van der Waals surface area contributed by atoms with Crippen LogP contribution in [0.4, 0.5) is 25.1 Å². The first-order valence-electron chi connectivity index (χ1n) is 13.3. The molecular weight excluding hydrogens is 583 g/mol. The summed E-state index contributed by atoms with van der Waals surface area (Å²) in [5.74, 6) is -0.152. The number of amides is 1. The maximum atomic E-state index is 13.0. The molecule has 2 fully saturated rings. The van der Waals surface area contributed by atoms with E-state index in [1.54, 1.807) is 22.7 Å². The fourth-order valence-electron chi connectivity index (χ4n) is 6.07. The van der Waals surface area contributed by atoms with Gasteiger partial charge in [0.2, 0.25) is 0 Å². The van der Waals surface area contributed by atoms with Gasteiger partial charge in [0.05, 0.1) is 10.7 Å². The van der Waals surface area contributed by atoms with Crippen LogP contribution < -0.4 is 10.2 Å². The third-order valence-electron chi connectivity index (χ3n) is 8.17. The fraction of sp³-hybridized carbons (Fsp3) is 0.310. The number of aromatic nitrogens is 2. The van der Waals surface area contributed by atoms with Gasteiger partial charge in [-0.25, -0.2) is 4.98 Å². The van der Waals surface area contributed by atoms with Crippen LogP contribution >= 0.6 is 21.8 Å². The zero-order valence-electron chi connectivity index (χ0n) is 22.1. The number of carbonyl (C=O) groups is 1. The third-order valence-corrected chi connectivity index (χ3v) is 9.55. The van der Waals surface area contributed by atoms with Gasteiger partial charge in [0.1, 0.15) is 16.2 Å². The lowest BCUT2D eigenvalue weighted by Gasteiger charge is -2.60. The topological polar surface area (TPSA) is 49.6 Å². The minimum atomic E-state index is -9.64. The van der Waals surface area contributed by atoms with E-state index in [1.807, 2.05) is 31.2 Å². The highest BCUT2D eigenvalue weighted by atomic mass is 35.5. The van der Waals surface area contributed by atoms with Crippen LogP contribution in [0.5, 0.6) is 0 Å². The van der Waals surface area contributed by atoms with Crippen molar-refractivity contribution in [2.75, 3.05) is 18.0 Å². The number of hydrogen-bond acceptors (Lipinski definition) is 3. The quantitative estimate of drug-likeness (QED) is 0.213. The van der Waals surface area contributed by atoms with Crippen LogP contribution in [0.25, 0.3) is 5.65 Å². The van der Waals surface area contributed by atoms with Gasteiger partial charge in [-0.15, -0.1) is 0 Å². The minimum absolute atomic E-state index is 0.0767. The fourth-order valence-corrected chi connectivity index (χ4v) is 6.88. The lowest BCUT2D eigenvalue weighted by atomic mass is 9.56. The molecule has 4 aromatic rings. The third kappa shape index (κ3) is 5.37. The van der Waals surface area contributed by atoms with E-state index >= 15 is 0 Å². The molecule has 0 bridgehead atoms. The zero-order chi connectivity index (χ0) is 29.3. The van der Waals surface area contributed by atoms with E-state index in [2.05, 4.69) is 15.2 Å². The van der Waals surface area contributed by atoms with Crippen molar-refractivity contribution in [2.24, 2.45) is 5.41 Å². The lowest BCUT2D eigenvalue weighted by molar-refractivity contribution is 0.0633. The Bertz CT molecular complexity index is 1640. The minimum Gasteiger partial charge on any atom is -0.370 e. The molecule has 5 nitrogen and oxygen atoms in total. The number of aryl methyl sites for hydroxylation is 1. The maximum Gasteiger partial charge on any atom is 0.310 e. The average molecular weight is 611 g/mol. The van der Waals surface area contributed by atoms with Crippen molar-refractivity contribution in [1.82, 2.24) is 14.7 Å². The number of halogens is 6. The van der Waals surface area contributed by atoms with Crippen LogP contribution in [0.3, 0.4) is 0 Å². The molecule has 2 aliphatic rings. The van der Waals surface area contributed by atoms with Crippen LogP contribution in [-0.2, 0) is 13.0 Å². The summed E-state index contributed by atoms with van der Waals surface area (Å²) in [6.07, 6.45) is 3.93. The van der Waals surface area contributed by atoms with Crippen LogP contribution in [0.1, 0.15) is 53.0 Å². The van der Waals surface area contributed by atoms with Crippen molar-refractivity contribution in [3.8, 4) is 0 Å². The number of pyridine rings is 1. The van der Waals surface area contributed by atoms with Crippen molar-refractivity contribution in [3.05, 3.63) is 94.4 Å². The maximum absolute atomic E-state index is 13.0. The van der Waals surface area contributed by atoms with E-state index in [1.165, 1.54) is 12.1 Å². The van der Waals surface area contributed by atoms with E-state index in [9.17, 15) is 24.2 Å². The van der Waals surface area contributed by atoms with Crippen LogP contribution in [-0.4, -0.2) is 28.4 Å². The summed E-state index contributed by atoms with van der Waals surface area (Å²) < 4.78 is 66.7. The molecule has 0 radical (unpaired) electrons. The number of nitrogens with one attached hydrogen (secondary N) is 1. The first-order chi connectivity index (χ1) is 19.1. The smallest absolute Gasteiger partial charge is 0.310 e. The predicted octanol–water partition coefficient (Wildman–Crippen LogP) is 8.52. The van der Waals surface area contributed by atoms with Gasteiger partial charge in [0.15, 0.2) is 0 Å². The van der Waals surface area contributed by atoms with Crippen molar-refractivity contribution >= 4 is 39.1 Å². The second-order valence-electron chi connectivity index (χ2n) is 11.2. The summed E-state index contributed by atoms with van der Waals surface area (Å²) in [5.41, 5.74) is 4.61. The molecule has 41 heavy (non-hydrogen) atoms. The van der Waals surface area contributed by atoms with Crippen molar-refractivity contribution in [2.45, 2.75) is 43.5 Å². The lowest BCUT2D eigenvalue weighted by Crippen LogP contribution is -2.61. The van der Waals surface area contributed by atoms with Crippen LogP contribution in [0, 0.1) is 5.41 Å². The summed E-state index contributed by atoms with van der Waals surface area (Å²) >= 11 is 6.13. The molecule has 6 rings (SSSR count). The number of fused-ring (bicyclic) bond motifs is 1. The van der Waals surface area contributed by atoms with E-state index in [-0.39, 0.29) is 17.2 Å². The second-order valence-corrected chi connectivity index (χ2v) is 14.0. The molecular formula is C29H28ClF5N4OS. The molecule has 3 heterocycles. The number of rotatable bonds is 7. The first-order valence-corrected chi connectivity index (χ1v) is 15.6. The molecule has 218 valence electrons. The summed E-state index contributed by atoms with van der Waals surface area (Å²) in [5, 5.41) is 3.49. The Morgan fingerprint density at radius 3 is 2.27 bits per heavy atom. The Balaban J connectivity index is 1.02. The first kappa shape index (κ1) is 27.8. The predicted molar refractivity (Wildman–Crippen MR) is 152 cm³/mol.